The van der Waals surface area contributed by atoms with E-state index in [1.54, 1.807) is 16.8 Å². The lowest BCUT2D eigenvalue weighted by molar-refractivity contribution is -0.146. The molecule has 1 saturated heterocycles. The van der Waals surface area contributed by atoms with Crippen molar-refractivity contribution in [3.63, 3.8) is 0 Å². The smallest absolute Gasteiger partial charge is 0.242 e. The van der Waals surface area contributed by atoms with Crippen molar-refractivity contribution in [2.24, 2.45) is 0 Å². The molecule has 1 aliphatic rings. The molecule has 1 unspecified atom stereocenters. The van der Waals surface area contributed by atoms with Crippen LogP contribution in [0.25, 0.3) is 0 Å². The average Bonchev–Trinajstić information content (AvgIpc) is 2.12. The van der Waals surface area contributed by atoms with Crippen molar-refractivity contribution in [3.8, 4) is 0 Å². The zero-order chi connectivity index (χ0) is 10.0. The van der Waals surface area contributed by atoms with E-state index in [0.717, 1.165) is 0 Å². The number of carbonyl (C=O) groups is 2. The highest BCUT2D eigenvalue weighted by atomic mass is 16.2. The summed E-state index contributed by atoms with van der Waals surface area (Å²) < 4.78 is 0. The number of likely N-dealkylation sites (N-methyl/N-ethyl adjacent to an activating group) is 1. The Morgan fingerprint density at radius 1 is 1.62 bits per heavy atom. The minimum Gasteiger partial charge on any atom is -0.340 e. The fourth-order valence-electron chi connectivity index (χ4n) is 1.44. The van der Waals surface area contributed by atoms with Crippen LogP contribution in [0.4, 0.5) is 0 Å². The van der Waals surface area contributed by atoms with Crippen LogP contribution in [0.2, 0.25) is 0 Å². The Morgan fingerprint density at radius 2 is 2.23 bits per heavy atom. The standard InChI is InChI=1S/C9H16N2O2/c1-4-8(12)11-5-7(2)10(3)9(13)6-11/h7H,4-6H2,1-3H3. The SMILES string of the molecule is CCC(=O)N1CC(=O)N(C)C(C)C1. The van der Waals surface area contributed by atoms with E-state index < -0.39 is 0 Å². The first-order chi connectivity index (χ1) is 6.06. The van der Waals surface area contributed by atoms with Crippen LogP contribution in [0.3, 0.4) is 0 Å². The van der Waals surface area contributed by atoms with E-state index in [9.17, 15) is 9.59 Å². The van der Waals surface area contributed by atoms with Crippen molar-refractivity contribution in [2.75, 3.05) is 20.1 Å². The molecule has 1 rings (SSSR count). The first-order valence-electron chi connectivity index (χ1n) is 4.59. The molecule has 0 aromatic heterocycles. The van der Waals surface area contributed by atoms with Gasteiger partial charge in [-0.05, 0) is 6.92 Å². The molecule has 13 heavy (non-hydrogen) atoms. The van der Waals surface area contributed by atoms with E-state index in [1.807, 2.05) is 13.8 Å². The van der Waals surface area contributed by atoms with Crippen LogP contribution < -0.4 is 0 Å². The second-order valence-corrected chi connectivity index (χ2v) is 3.48. The van der Waals surface area contributed by atoms with Crippen molar-refractivity contribution in [1.29, 1.82) is 0 Å². The summed E-state index contributed by atoms with van der Waals surface area (Å²) in [6.07, 6.45) is 0.476. The normalized spacial score (nSPS) is 23.6. The van der Waals surface area contributed by atoms with Crippen LogP contribution in [0.15, 0.2) is 0 Å². The van der Waals surface area contributed by atoms with Crippen LogP contribution in [0, 0.1) is 0 Å². The van der Waals surface area contributed by atoms with E-state index in [2.05, 4.69) is 0 Å². The lowest BCUT2D eigenvalue weighted by atomic mass is 10.2. The quantitative estimate of drug-likeness (QED) is 0.579. The minimum absolute atomic E-state index is 0.0283. The van der Waals surface area contributed by atoms with E-state index in [1.165, 1.54) is 0 Å². The van der Waals surface area contributed by atoms with Gasteiger partial charge in [0.25, 0.3) is 0 Å². The first-order valence-corrected chi connectivity index (χ1v) is 4.59. The number of rotatable bonds is 1. The number of hydrogen-bond acceptors (Lipinski definition) is 2. The summed E-state index contributed by atoms with van der Waals surface area (Å²) in [4.78, 5) is 26.0. The lowest BCUT2D eigenvalue weighted by Crippen LogP contribution is -2.55. The molecule has 0 saturated carbocycles. The van der Waals surface area contributed by atoms with Gasteiger partial charge in [-0.15, -0.1) is 0 Å². The number of hydrogen-bond donors (Lipinski definition) is 0. The molecule has 0 aromatic carbocycles. The van der Waals surface area contributed by atoms with Crippen LogP contribution in [-0.2, 0) is 9.59 Å². The molecule has 74 valence electrons. The fraction of sp³-hybridized carbons (Fsp3) is 0.778. The highest BCUT2D eigenvalue weighted by Gasteiger charge is 2.28. The van der Waals surface area contributed by atoms with Gasteiger partial charge in [0.15, 0.2) is 0 Å². The Hall–Kier alpha value is -1.06. The molecule has 1 fully saturated rings. The summed E-state index contributed by atoms with van der Waals surface area (Å²) in [6.45, 7) is 4.67. The summed E-state index contributed by atoms with van der Waals surface area (Å²) in [5.74, 6) is 0.0915. The predicted octanol–water partition coefficient (Wildman–Crippen LogP) is 0.0855. The van der Waals surface area contributed by atoms with Crippen molar-refractivity contribution in [3.05, 3.63) is 0 Å². The van der Waals surface area contributed by atoms with Gasteiger partial charge >= 0.3 is 0 Å². The Balaban J connectivity index is 2.63. The largest absolute Gasteiger partial charge is 0.340 e. The summed E-state index contributed by atoms with van der Waals surface area (Å²) in [5.41, 5.74) is 0. The number of amides is 2. The molecule has 2 amide bonds. The third-order valence-electron chi connectivity index (χ3n) is 2.52. The molecule has 1 aliphatic heterocycles. The first kappa shape index (κ1) is 10.0. The minimum atomic E-state index is 0.0283. The predicted molar refractivity (Wildman–Crippen MR) is 49.1 cm³/mol. The zero-order valence-electron chi connectivity index (χ0n) is 8.41. The molecular formula is C9H16N2O2. The molecule has 0 radical (unpaired) electrons. The molecule has 0 aromatic rings. The van der Waals surface area contributed by atoms with Crippen LogP contribution in [0.5, 0.6) is 0 Å². The van der Waals surface area contributed by atoms with Gasteiger partial charge < -0.3 is 9.80 Å². The van der Waals surface area contributed by atoms with E-state index in [4.69, 9.17) is 0 Å². The molecule has 1 atom stereocenters. The van der Waals surface area contributed by atoms with E-state index >= 15 is 0 Å². The molecule has 0 bridgehead atoms. The van der Waals surface area contributed by atoms with Crippen LogP contribution >= 0.6 is 0 Å². The maximum atomic E-state index is 11.4. The zero-order valence-corrected chi connectivity index (χ0v) is 8.41. The Morgan fingerprint density at radius 3 is 2.69 bits per heavy atom. The Bertz CT molecular complexity index is 228. The van der Waals surface area contributed by atoms with Gasteiger partial charge in [0.2, 0.25) is 11.8 Å². The lowest BCUT2D eigenvalue weighted by Gasteiger charge is -2.37. The van der Waals surface area contributed by atoms with Crippen molar-refractivity contribution in [2.45, 2.75) is 26.3 Å². The van der Waals surface area contributed by atoms with Crippen molar-refractivity contribution >= 4 is 11.8 Å². The maximum absolute atomic E-state index is 11.4. The second-order valence-electron chi connectivity index (χ2n) is 3.48. The summed E-state index contributed by atoms with van der Waals surface area (Å²) >= 11 is 0. The van der Waals surface area contributed by atoms with E-state index in [0.29, 0.717) is 13.0 Å². The topological polar surface area (TPSA) is 40.6 Å². The van der Waals surface area contributed by atoms with Crippen molar-refractivity contribution in [1.82, 2.24) is 9.80 Å². The Kier molecular flexibility index (Phi) is 2.90. The van der Waals surface area contributed by atoms with Gasteiger partial charge in [-0.2, -0.15) is 0 Å². The van der Waals surface area contributed by atoms with Gasteiger partial charge in [0.05, 0.1) is 6.54 Å². The molecule has 4 heteroatoms. The highest BCUT2D eigenvalue weighted by molar-refractivity contribution is 5.86. The maximum Gasteiger partial charge on any atom is 0.242 e. The third kappa shape index (κ3) is 1.99. The molecule has 0 N–H and O–H groups in total. The van der Waals surface area contributed by atoms with E-state index in [-0.39, 0.29) is 24.4 Å². The summed E-state index contributed by atoms with van der Waals surface area (Å²) in [6, 6.07) is 0.136. The summed E-state index contributed by atoms with van der Waals surface area (Å²) in [5, 5.41) is 0. The fourth-order valence-corrected chi connectivity index (χ4v) is 1.44. The van der Waals surface area contributed by atoms with Crippen LogP contribution in [0.1, 0.15) is 20.3 Å². The second kappa shape index (κ2) is 3.77. The third-order valence-corrected chi connectivity index (χ3v) is 2.52. The molecule has 0 aliphatic carbocycles. The van der Waals surface area contributed by atoms with Gasteiger partial charge in [-0.3, -0.25) is 9.59 Å². The van der Waals surface area contributed by atoms with Gasteiger partial charge in [0, 0.05) is 26.1 Å². The average molecular weight is 184 g/mol. The van der Waals surface area contributed by atoms with Gasteiger partial charge in [-0.1, -0.05) is 6.92 Å². The molecular weight excluding hydrogens is 168 g/mol. The summed E-state index contributed by atoms with van der Waals surface area (Å²) in [7, 11) is 1.78. The van der Waals surface area contributed by atoms with Gasteiger partial charge in [-0.25, -0.2) is 0 Å². The molecule has 0 spiro atoms. The van der Waals surface area contributed by atoms with Gasteiger partial charge in [0.1, 0.15) is 0 Å². The van der Waals surface area contributed by atoms with Crippen LogP contribution in [-0.4, -0.2) is 47.8 Å². The Labute approximate surface area is 78.5 Å². The molecule has 1 heterocycles. The number of piperazine rings is 1. The monoisotopic (exact) mass is 184 g/mol. The van der Waals surface area contributed by atoms with Crippen molar-refractivity contribution < 1.29 is 9.59 Å². The highest BCUT2D eigenvalue weighted by Crippen LogP contribution is 2.09. The number of carbonyl (C=O) groups excluding carboxylic acids is 2. The number of nitrogens with zero attached hydrogens (tertiary/aromatic N) is 2. The molecule has 4 nitrogen and oxygen atoms in total.